The summed E-state index contributed by atoms with van der Waals surface area (Å²) in [5, 5.41) is 14.0. The lowest BCUT2D eigenvalue weighted by Gasteiger charge is -2.42. The first-order valence-corrected chi connectivity index (χ1v) is 12.4. The van der Waals surface area contributed by atoms with E-state index < -0.39 is 0 Å². The maximum absolute atomic E-state index is 9.51. The van der Waals surface area contributed by atoms with Crippen molar-refractivity contribution in [2.24, 2.45) is 5.92 Å². The lowest BCUT2D eigenvalue weighted by atomic mass is 9.93. The fourth-order valence-corrected chi connectivity index (χ4v) is 5.51. The summed E-state index contributed by atoms with van der Waals surface area (Å²) in [5.74, 6) is 0.596. The third-order valence-corrected chi connectivity index (χ3v) is 7.32. The number of nitriles is 1. The van der Waals surface area contributed by atoms with Gasteiger partial charge in [0.1, 0.15) is 6.07 Å². The predicted octanol–water partition coefficient (Wildman–Crippen LogP) is 3.86. The molecular formula is C28H34N6. The Bertz CT molecular complexity index is 1160. The van der Waals surface area contributed by atoms with E-state index in [1.807, 2.05) is 12.1 Å². The van der Waals surface area contributed by atoms with Crippen LogP contribution in [0.5, 0.6) is 0 Å². The zero-order chi connectivity index (χ0) is 23.5. The minimum atomic E-state index is 0.471. The molecule has 0 aliphatic carbocycles. The van der Waals surface area contributed by atoms with Gasteiger partial charge in [0.25, 0.3) is 0 Å². The van der Waals surface area contributed by atoms with Crippen molar-refractivity contribution in [3.8, 4) is 6.07 Å². The molecule has 2 unspecified atom stereocenters. The van der Waals surface area contributed by atoms with Gasteiger partial charge in [-0.05, 0) is 61.3 Å². The van der Waals surface area contributed by atoms with Crippen LogP contribution in [0.4, 0.5) is 11.4 Å². The number of fused-ring (bicyclic) bond motifs is 1. The first-order chi connectivity index (χ1) is 16.6. The van der Waals surface area contributed by atoms with E-state index in [1.165, 1.54) is 23.4 Å². The van der Waals surface area contributed by atoms with E-state index in [9.17, 15) is 5.26 Å². The molecule has 2 aromatic carbocycles. The monoisotopic (exact) mass is 454 g/mol. The van der Waals surface area contributed by atoms with Gasteiger partial charge in [0.15, 0.2) is 0 Å². The van der Waals surface area contributed by atoms with E-state index >= 15 is 0 Å². The van der Waals surface area contributed by atoms with Crippen molar-refractivity contribution < 1.29 is 0 Å². The normalized spacial score (nSPS) is 21.1. The highest BCUT2D eigenvalue weighted by atomic mass is 15.2. The molecule has 3 aromatic rings. The second-order valence-electron chi connectivity index (χ2n) is 9.86. The lowest BCUT2D eigenvalue weighted by Crippen LogP contribution is -2.49. The van der Waals surface area contributed by atoms with Crippen LogP contribution in [0.3, 0.4) is 0 Å². The number of benzene rings is 2. The first-order valence-electron chi connectivity index (χ1n) is 12.4. The van der Waals surface area contributed by atoms with Gasteiger partial charge < -0.3 is 15.1 Å². The van der Waals surface area contributed by atoms with Crippen LogP contribution < -0.4 is 15.1 Å². The van der Waals surface area contributed by atoms with Crippen LogP contribution in [-0.4, -0.2) is 62.2 Å². The van der Waals surface area contributed by atoms with E-state index in [4.69, 9.17) is 0 Å². The van der Waals surface area contributed by atoms with E-state index in [-0.39, 0.29) is 0 Å². The molecule has 5 rings (SSSR count). The Morgan fingerprint density at radius 1 is 1.06 bits per heavy atom. The number of hydrogen-bond donors (Lipinski definition) is 1. The summed E-state index contributed by atoms with van der Waals surface area (Å²) in [6, 6.07) is 20.0. The third kappa shape index (κ3) is 4.72. The van der Waals surface area contributed by atoms with Gasteiger partial charge in [-0.15, -0.1) is 0 Å². The van der Waals surface area contributed by atoms with Crippen LogP contribution >= 0.6 is 0 Å². The SMILES string of the molecule is CC1CC(N(C)Cc2ccc(N3CCNCC3)cc2)CN(c2ccc(C#N)c3ncccc23)C1. The number of anilines is 2. The van der Waals surface area contributed by atoms with Crippen LogP contribution in [0, 0.1) is 17.2 Å². The Kier molecular flexibility index (Phi) is 6.66. The summed E-state index contributed by atoms with van der Waals surface area (Å²) < 4.78 is 0. The summed E-state index contributed by atoms with van der Waals surface area (Å²) in [4.78, 5) is 12.0. The molecule has 0 spiro atoms. The van der Waals surface area contributed by atoms with Gasteiger partial charge in [-0.3, -0.25) is 9.88 Å². The Hall–Kier alpha value is -3.14. The number of aromatic nitrogens is 1. The Labute approximate surface area is 202 Å². The lowest BCUT2D eigenvalue weighted by molar-refractivity contribution is 0.184. The maximum atomic E-state index is 9.51. The molecule has 1 N–H and O–H groups in total. The quantitative estimate of drug-likeness (QED) is 0.632. The largest absolute Gasteiger partial charge is 0.369 e. The van der Waals surface area contributed by atoms with Crippen molar-refractivity contribution in [2.45, 2.75) is 25.9 Å². The standard InChI is InChI=1S/C28H34N6/c1-21-16-25(32(2)19-22-5-8-24(9-6-22)33-14-12-30-13-15-33)20-34(18-21)27-10-7-23(17-29)28-26(27)4-3-11-31-28/h3-11,21,25,30H,12-16,18-20H2,1-2H3. The molecule has 6 heteroatoms. The number of likely N-dealkylation sites (N-methyl/N-ethyl adjacent to an activating group) is 1. The number of nitrogens with one attached hydrogen (secondary N) is 1. The molecule has 34 heavy (non-hydrogen) atoms. The van der Waals surface area contributed by atoms with Crippen molar-refractivity contribution in [1.82, 2.24) is 15.2 Å². The number of rotatable bonds is 5. The number of hydrogen-bond acceptors (Lipinski definition) is 6. The summed E-state index contributed by atoms with van der Waals surface area (Å²) in [6.07, 6.45) is 2.97. The zero-order valence-electron chi connectivity index (χ0n) is 20.2. The minimum Gasteiger partial charge on any atom is -0.369 e. The molecule has 2 fully saturated rings. The van der Waals surface area contributed by atoms with Crippen molar-refractivity contribution >= 4 is 22.3 Å². The average Bonchev–Trinajstić information content (AvgIpc) is 2.88. The highest BCUT2D eigenvalue weighted by Gasteiger charge is 2.28. The van der Waals surface area contributed by atoms with Gasteiger partial charge in [0.2, 0.25) is 0 Å². The van der Waals surface area contributed by atoms with Gasteiger partial charge in [0.05, 0.1) is 11.1 Å². The summed E-state index contributed by atoms with van der Waals surface area (Å²) in [6.45, 7) is 9.58. The van der Waals surface area contributed by atoms with Crippen molar-refractivity contribution in [3.63, 3.8) is 0 Å². The molecular weight excluding hydrogens is 420 g/mol. The van der Waals surface area contributed by atoms with Gasteiger partial charge in [-0.2, -0.15) is 5.26 Å². The summed E-state index contributed by atoms with van der Waals surface area (Å²) in [7, 11) is 2.25. The Morgan fingerprint density at radius 3 is 2.62 bits per heavy atom. The fourth-order valence-electron chi connectivity index (χ4n) is 5.51. The topological polar surface area (TPSA) is 58.4 Å². The van der Waals surface area contributed by atoms with E-state index in [2.05, 4.69) is 81.4 Å². The van der Waals surface area contributed by atoms with Gasteiger partial charge in [-0.1, -0.05) is 19.1 Å². The van der Waals surface area contributed by atoms with Crippen molar-refractivity contribution in [3.05, 3.63) is 65.9 Å². The molecule has 2 aliphatic heterocycles. The van der Waals surface area contributed by atoms with E-state index in [0.29, 0.717) is 17.5 Å². The van der Waals surface area contributed by atoms with Crippen LogP contribution in [0.1, 0.15) is 24.5 Å². The van der Waals surface area contributed by atoms with Crippen LogP contribution in [0.15, 0.2) is 54.7 Å². The molecule has 2 atom stereocenters. The van der Waals surface area contributed by atoms with Gasteiger partial charge >= 0.3 is 0 Å². The van der Waals surface area contributed by atoms with Crippen LogP contribution in [0.25, 0.3) is 10.9 Å². The Balaban J connectivity index is 1.30. The molecule has 0 amide bonds. The van der Waals surface area contributed by atoms with Gasteiger partial charge in [0, 0.05) is 74.8 Å². The highest BCUT2D eigenvalue weighted by Crippen LogP contribution is 2.32. The molecule has 0 bridgehead atoms. The average molecular weight is 455 g/mol. The predicted molar refractivity (Wildman–Crippen MR) is 139 cm³/mol. The molecule has 2 aliphatic rings. The molecule has 0 saturated carbocycles. The second kappa shape index (κ2) is 10.0. The number of piperidine rings is 1. The zero-order valence-corrected chi connectivity index (χ0v) is 20.2. The number of nitrogens with zero attached hydrogens (tertiary/aromatic N) is 5. The molecule has 6 nitrogen and oxygen atoms in total. The minimum absolute atomic E-state index is 0.471. The molecule has 176 valence electrons. The smallest absolute Gasteiger partial charge is 0.101 e. The summed E-state index contributed by atoms with van der Waals surface area (Å²) >= 11 is 0. The van der Waals surface area contributed by atoms with E-state index in [0.717, 1.165) is 56.7 Å². The molecule has 0 radical (unpaired) electrons. The van der Waals surface area contributed by atoms with E-state index in [1.54, 1.807) is 6.20 Å². The van der Waals surface area contributed by atoms with Crippen LogP contribution in [-0.2, 0) is 6.54 Å². The summed E-state index contributed by atoms with van der Waals surface area (Å²) in [5.41, 5.74) is 5.32. The van der Waals surface area contributed by atoms with Crippen LogP contribution in [0.2, 0.25) is 0 Å². The molecule has 1 aromatic heterocycles. The maximum Gasteiger partial charge on any atom is 0.101 e. The third-order valence-electron chi connectivity index (χ3n) is 7.32. The highest BCUT2D eigenvalue weighted by molar-refractivity contribution is 5.95. The molecule has 2 saturated heterocycles. The number of pyridine rings is 1. The second-order valence-corrected chi connectivity index (χ2v) is 9.86. The van der Waals surface area contributed by atoms with Crippen molar-refractivity contribution in [1.29, 1.82) is 5.26 Å². The Morgan fingerprint density at radius 2 is 1.85 bits per heavy atom. The first kappa shape index (κ1) is 22.6. The van der Waals surface area contributed by atoms with Gasteiger partial charge in [-0.25, -0.2) is 0 Å². The molecule has 3 heterocycles. The van der Waals surface area contributed by atoms with Crippen molar-refractivity contribution in [2.75, 3.05) is 56.1 Å². The number of piperazine rings is 1. The fraction of sp³-hybridized carbons (Fsp3) is 0.429.